The molecule has 11 aliphatic rings. The minimum absolute atomic E-state index is 0.937. The fourth-order valence-electron chi connectivity index (χ4n) is 15.7. The van der Waals surface area contributed by atoms with E-state index in [1.165, 1.54) is 0 Å². The molecule has 56 heteroatoms. The van der Waals surface area contributed by atoms with E-state index in [1.54, 1.807) is 0 Å². The molecule has 0 saturated carbocycles. The summed E-state index contributed by atoms with van der Waals surface area (Å²) in [6, 6.07) is 0. The van der Waals surface area contributed by atoms with Gasteiger partial charge in [-0.3, -0.25) is 0 Å². The molecule has 0 aliphatic carbocycles. The first-order chi connectivity index (χ1) is 57.9. The maximum absolute atomic E-state index is 12.3. The standard InChI is InChI=1S/C66H112O56/c67-1-12-23(76)34(87)37(90)57(105-12)102-10-21-32(85)54(46(99)65(113-21)115-48-26(79)15(4-70)104-56(101)40(48)93)121-63-44(97)52(30(83)19(8-74)111-63)119-61-42(95)50(28(81)17(6-72)109-61)118-62-45(98)53(31(84)20(9-75)110-62)120-66-47(100)55(33(86)22(114-66)11-103-58-38(91)35(88)24(77)13(2-68)106-58)122-64-43(96)51(29(82)18(7-73)112-64)117-60-41(94)49(27(80)16(5-71)108-60)116-59-39(92)36(89)25(78)14(3-69)107-59/h12-101H,1-11H2/t12-,13-,14-,15-,16-,17-,18-,19-,20-,21-,22-,23-,24-,25-,26-,27-,28-,29-,30-,31-,32-,33-,34+,35+,36+,37-,38-,39-,40-,41-,42-,43-,44-,45-,46-,47-,48+,49+,50+,51+,52+,53+,54+,55+,56?,57-,58-,59+,60+,61+,62+,63+,64+,65+,66+/m1/s1. The van der Waals surface area contributed by atoms with Crippen LogP contribution in [-0.2, 0) is 99.5 Å². The molecule has 1 unspecified atom stereocenters. The average molecular weight is 1800 g/mol. The van der Waals surface area contributed by atoms with E-state index in [0.29, 0.717) is 0 Å². The van der Waals surface area contributed by atoms with Gasteiger partial charge in [0.15, 0.2) is 69.2 Å². The van der Waals surface area contributed by atoms with Crippen LogP contribution in [0.4, 0.5) is 0 Å². The average Bonchev–Trinajstić information content (AvgIpc) is 0.763. The lowest BCUT2D eigenvalue weighted by molar-refractivity contribution is -0.404. The van der Waals surface area contributed by atoms with E-state index >= 15 is 0 Å². The molecule has 11 saturated heterocycles. The van der Waals surface area contributed by atoms with Gasteiger partial charge in [0.2, 0.25) is 0 Å². The SMILES string of the molecule is OC[C@H]1O[C@@H](OC[C@H]2O[C@@H](O[C@@H]3[C@@H](O)[C@H](O[C@@H]4[C@@H](O)[C@H](O[C@@H]5[C@@H](O)[C@H](O[C@@H]6[C@@H](O)[C@H](O[C@H]7[C@H](O)[C@@H](CO)OC(O)[C@@H]7O)O[C@H](CO[C@@H]7O[C@H](CO)[C@@H](O)[C@H](O)[C@H]7O)[C@H]6O)O[C@H](CO)[C@H]5O)O[C@H](CO)[C@H]4O)O[C@H](CO)[C@H]3O)[C@H](O)[C@@H](O[C@@H]3O[C@H](CO)[C@@H](O)[C@H](O[C@@H]4O[C@H](CO)[C@@H](O)[C@H](O[C@@H]5O[C@H](CO)[C@@H](O)[C@H](O)[C@H]5O)[C@H]4O)[C@H]3O)[C@@H]2O)[C@H](O)[C@@H](O)[C@@H]1O. The third-order valence-electron chi connectivity index (χ3n) is 23.0. The van der Waals surface area contributed by atoms with Gasteiger partial charge in [0, 0.05) is 0 Å². The van der Waals surface area contributed by atoms with Gasteiger partial charge in [0.05, 0.1) is 72.7 Å². The van der Waals surface area contributed by atoms with Crippen LogP contribution in [0, 0.1) is 0 Å². The fourth-order valence-corrected chi connectivity index (χ4v) is 15.7. The Morgan fingerprint density at radius 1 is 0.139 bits per heavy atom. The summed E-state index contributed by atoms with van der Waals surface area (Å²) in [4.78, 5) is 0. The third kappa shape index (κ3) is 20.8. The van der Waals surface area contributed by atoms with Crippen LogP contribution in [0.5, 0.6) is 0 Å². The maximum Gasteiger partial charge on any atom is 0.187 e. The fraction of sp³-hybridized carbons (Fsp3) is 1.00. The topological polar surface area (TPSA) is 902 Å². The molecule has 712 valence electrons. The minimum Gasteiger partial charge on any atom is -0.394 e. The molecule has 55 atom stereocenters. The minimum atomic E-state index is -2.59. The predicted molar refractivity (Wildman–Crippen MR) is 362 cm³/mol. The zero-order valence-electron chi connectivity index (χ0n) is 63.8. The van der Waals surface area contributed by atoms with E-state index in [-0.39, 0.29) is 0 Å². The highest BCUT2D eigenvalue weighted by atomic mass is 16.8. The molecular weight excluding hydrogens is 1690 g/mol. The van der Waals surface area contributed by atoms with Crippen molar-refractivity contribution in [2.75, 3.05) is 72.7 Å². The van der Waals surface area contributed by atoms with Crippen molar-refractivity contribution in [3.8, 4) is 0 Å². The monoisotopic (exact) mass is 1800 g/mol. The molecule has 11 aliphatic heterocycles. The second-order valence-electron chi connectivity index (χ2n) is 30.9. The summed E-state index contributed by atoms with van der Waals surface area (Å²) in [5, 5.41) is 385. The van der Waals surface area contributed by atoms with Gasteiger partial charge < -0.3 is 278 Å². The zero-order chi connectivity index (χ0) is 89.4. The van der Waals surface area contributed by atoms with E-state index < -0.39 is 410 Å². The Morgan fingerprint density at radius 2 is 0.287 bits per heavy atom. The Kier molecular flexibility index (Phi) is 35.7. The molecule has 11 rings (SSSR count). The van der Waals surface area contributed by atoms with Crippen LogP contribution < -0.4 is 0 Å². The third-order valence-corrected chi connectivity index (χ3v) is 23.0. The zero-order valence-corrected chi connectivity index (χ0v) is 63.8. The summed E-state index contributed by atoms with van der Waals surface area (Å²) in [5.74, 6) is 0. The van der Waals surface area contributed by atoms with Gasteiger partial charge in [-0.25, -0.2) is 0 Å². The van der Waals surface area contributed by atoms with Crippen molar-refractivity contribution in [2.24, 2.45) is 0 Å². The summed E-state index contributed by atoms with van der Waals surface area (Å²) in [7, 11) is 0. The van der Waals surface area contributed by atoms with Crippen molar-refractivity contribution < 1.29 is 278 Å². The molecule has 0 aromatic heterocycles. The normalized spacial score (nSPS) is 53.8. The van der Waals surface area contributed by atoms with E-state index in [1.807, 2.05) is 0 Å². The maximum atomic E-state index is 12.3. The van der Waals surface area contributed by atoms with Crippen molar-refractivity contribution in [3.63, 3.8) is 0 Å². The van der Waals surface area contributed by atoms with Gasteiger partial charge in [0.25, 0.3) is 0 Å². The second-order valence-corrected chi connectivity index (χ2v) is 30.9. The summed E-state index contributed by atoms with van der Waals surface area (Å²) in [6.45, 7) is -12.1. The van der Waals surface area contributed by atoms with E-state index in [9.17, 15) is 179 Å². The number of rotatable bonds is 31. The molecular formula is C66H112O56. The van der Waals surface area contributed by atoms with Crippen LogP contribution in [0.3, 0.4) is 0 Å². The van der Waals surface area contributed by atoms with Crippen molar-refractivity contribution in [2.45, 2.75) is 338 Å². The summed E-state index contributed by atoms with van der Waals surface area (Å²) in [6.07, 6.45) is -119. The summed E-state index contributed by atoms with van der Waals surface area (Å²) >= 11 is 0. The smallest absolute Gasteiger partial charge is 0.187 e. The van der Waals surface area contributed by atoms with E-state index in [2.05, 4.69) is 0 Å². The largest absolute Gasteiger partial charge is 0.394 e. The molecule has 122 heavy (non-hydrogen) atoms. The summed E-state index contributed by atoms with van der Waals surface area (Å²) in [5.41, 5.74) is 0. The van der Waals surface area contributed by atoms with Gasteiger partial charge in [-0.15, -0.1) is 0 Å². The lowest BCUT2D eigenvalue weighted by atomic mass is 9.94. The molecule has 0 aromatic rings. The Hall–Kier alpha value is -2.24. The van der Waals surface area contributed by atoms with E-state index in [0.717, 1.165) is 0 Å². The molecule has 0 amide bonds. The van der Waals surface area contributed by atoms with Crippen LogP contribution in [0.2, 0.25) is 0 Å². The van der Waals surface area contributed by atoms with E-state index in [4.69, 9.17) is 99.5 Å². The van der Waals surface area contributed by atoms with Gasteiger partial charge in [-0.05, 0) is 0 Å². The number of hydrogen-bond acceptors (Lipinski definition) is 56. The second kappa shape index (κ2) is 43.4. The van der Waals surface area contributed by atoms with Crippen molar-refractivity contribution in [1.82, 2.24) is 0 Å². The van der Waals surface area contributed by atoms with Gasteiger partial charge in [0.1, 0.15) is 269 Å². The van der Waals surface area contributed by atoms with Crippen LogP contribution in [0.25, 0.3) is 0 Å². The van der Waals surface area contributed by atoms with Gasteiger partial charge in [-0.1, -0.05) is 0 Å². The summed E-state index contributed by atoms with van der Waals surface area (Å²) < 4.78 is 119. The van der Waals surface area contributed by atoms with Gasteiger partial charge >= 0.3 is 0 Å². The molecule has 0 radical (unpaired) electrons. The van der Waals surface area contributed by atoms with Crippen molar-refractivity contribution in [1.29, 1.82) is 0 Å². The Labute approximate surface area is 687 Å². The molecule has 56 nitrogen and oxygen atoms in total. The molecule has 11 heterocycles. The Balaban J connectivity index is 0.821. The first kappa shape index (κ1) is 100. The Morgan fingerprint density at radius 3 is 0.492 bits per heavy atom. The lowest BCUT2D eigenvalue weighted by Gasteiger charge is -2.50. The van der Waals surface area contributed by atoms with Crippen molar-refractivity contribution >= 4 is 0 Å². The Bertz CT molecular complexity index is 3120. The predicted octanol–water partition coefficient (Wildman–Crippen LogP) is -25.0. The van der Waals surface area contributed by atoms with Gasteiger partial charge in [-0.2, -0.15) is 0 Å². The van der Waals surface area contributed by atoms with Crippen LogP contribution in [0.1, 0.15) is 0 Å². The number of aliphatic hydroxyl groups is 35. The van der Waals surface area contributed by atoms with Crippen LogP contribution in [-0.4, -0.2) is 589 Å². The number of ether oxygens (including phenoxy) is 21. The first-order valence-corrected chi connectivity index (χ1v) is 38.7. The molecule has 0 spiro atoms. The van der Waals surface area contributed by atoms with Crippen molar-refractivity contribution in [3.05, 3.63) is 0 Å². The van der Waals surface area contributed by atoms with Crippen LogP contribution in [0.15, 0.2) is 0 Å². The molecule has 35 N–H and O–H groups in total. The highest BCUT2D eigenvalue weighted by Crippen LogP contribution is 2.41. The quantitative estimate of drug-likeness (QED) is 0.0306. The first-order valence-electron chi connectivity index (χ1n) is 38.7. The molecule has 0 aromatic carbocycles. The number of hydrogen-bond donors (Lipinski definition) is 35. The molecule has 0 bridgehead atoms. The number of aliphatic hydroxyl groups excluding tert-OH is 35. The highest BCUT2D eigenvalue weighted by Gasteiger charge is 2.62. The van der Waals surface area contributed by atoms with Crippen LogP contribution >= 0.6 is 0 Å². The lowest BCUT2D eigenvalue weighted by Crippen LogP contribution is -2.69. The molecule has 11 fully saturated rings. The highest BCUT2D eigenvalue weighted by molar-refractivity contribution is 5.04.